The fourth-order valence-corrected chi connectivity index (χ4v) is 6.19. The Labute approximate surface area is 281 Å². The van der Waals surface area contributed by atoms with Crippen LogP contribution in [0.1, 0.15) is 38.6 Å². The van der Waals surface area contributed by atoms with Gasteiger partial charge >= 0.3 is 5.92 Å². The summed E-state index contributed by atoms with van der Waals surface area (Å²) in [5.74, 6) is -2.39. The fourth-order valence-electron chi connectivity index (χ4n) is 6.03. The lowest BCUT2D eigenvalue weighted by Crippen LogP contribution is -2.45. The minimum absolute atomic E-state index is 0.0454. The Bertz CT molecular complexity index is 1600. The Morgan fingerprint density at radius 1 is 1.06 bits per heavy atom. The van der Waals surface area contributed by atoms with Gasteiger partial charge in [-0.25, -0.2) is 23.4 Å². The molecule has 1 N–H and O–H groups in total. The SMILES string of the molecule is COCC(F)(F)COc1nn(C2CCC(N3CCOCC3)CC2)cc1Nc1ncc(-c2ccc(Cl)c(O[C@@H](C)Cn3cnnn3)c2)cn1. The van der Waals surface area contributed by atoms with Gasteiger partial charge in [0.25, 0.3) is 5.88 Å². The number of nitrogens with zero attached hydrogens (tertiary/aromatic N) is 9. The maximum Gasteiger partial charge on any atom is 0.304 e. The van der Waals surface area contributed by atoms with E-state index in [1.54, 1.807) is 29.3 Å². The first-order valence-electron chi connectivity index (χ1n) is 15.9. The summed E-state index contributed by atoms with van der Waals surface area (Å²) < 4.78 is 53.7. The normalized spacial score (nSPS) is 19.6. The number of nitrogens with one attached hydrogen (secondary N) is 1. The first kappa shape index (κ1) is 33.9. The molecule has 1 saturated carbocycles. The third-order valence-corrected chi connectivity index (χ3v) is 8.71. The molecule has 1 aliphatic heterocycles. The van der Waals surface area contributed by atoms with Crippen LogP contribution in [0, 0.1) is 0 Å². The van der Waals surface area contributed by atoms with Gasteiger partial charge in [0.1, 0.15) is 30.5 Å². The van der Waals surface area contributed by atoms with Gasteiger partial charge in [-0.1, -0.05) is 17.7 Å². The highest BCUT2D eigenvalue weighted by atomic mass is 35.5. The van der Waals surface area contributed by atoms with Crippen molar-refractivity contribution < 1.29 is 27.7 Å². The number of tetrazole rings is 1. The van der Waals surface area contributed by atoms with Crippen LogP contribution in [-0.4, -0.2) is 110 Å². The number of anilines is 2. The molecular formula is C31H39ClF2N10O4. The lowest BCUT2D eigenvalue weighted by Gasteiger charge is -2.38. The summed E-state index contributed by atoms with van der Waals surface area (Å²) in [4.78, 5) is 11.5. The zero-order valence-electron chi connectivity index (χ0n) is 26.8. The Morgan fingerprint density at radius 3 is 2.52 bits per heavy atom. The molecule has 1 atom stereocenters. The number of hydrogen-bond donors (Lipinski definition) is 1. The molecule has 2 fully saturated rings. The van der Waals surface area contributed by atoms with Gasteiger partial charge in [-0.05, 0) is 60.7 Å². The lowest BCUT2D eigenvalue weighted by atomic mass is 9.90. The number of benzene rings is 1. The molecule has 0 amide bonds. The number of alkyl halides is 2. The highest BCUT2D eigenvalue weighted by Gasteiger charge is 2.32. The van der Waals surface area contributed by atoms with Crippen molar-refractivity contribution in [2.45, 2.75) is 63.3 Å². The molecule has 258 valence electrons. The van der Waals surface area contributed by atoms with Crippen LogP contribution in [0.5, 0.6) is 11.6 Å². The minimum atomic E-state index is -3.18. The van der Waals surface area contributed by atoms with Gasteiger partial charge in [-0.3, -0.25) is 9.58 Å². The van der Waals surface area contributed by atoms with E-state index in [2.05, 4.69) is 45.5 Å². The average molecular weight is 689 g/mol. The van der Waals surface area contributed by atoms with Crippen molar-refractivity contribution in [2.75, 3.05) is 51.9 Å². The molecule has 0 unspecified atom stereocenters. The number of methoxy groups -OCH3 is 1. The van der Waals surface area contributed by atoms with Crippen molar-refractivity contribution in [3.8, 4) is 22.8 Å². The molecule has 1 saturated heterocycles. The monoisotopic (exact) mass is 688 g/mol. The van der Waals surface area contributed by atoms with E-state index in [-0.39, 0.29) is 24.0 Å². The summed E-state index contributed by atoms with van der Waals surface area (Å²) in [6.07, 6.45) is 10.2. The van der Waals surface area contributed by atoms with Crippen LogP contribution >= 0.6 is 11.6 Å². The predicted octanol–water partition coefficient (Wildman–Crippen LogP) is 4.67. The minimum Gasteiger partial charge on any atom is -0.487 e. The van der Waals surface area contributed by atoms with E-state index in [4.69, 9.17) is 25.8 Å². The molecule has 1 aliphatic carbocycles. The van der Waals surface area contributed by atoms with Crippen molar-refractivity contribution >= 4 is 23.2 Å². The van der Waals surface area contributed by atoms with E-state index in [1.165, 1.54) is 13.4 Å². The molecular weight excluding hydrogens is 650 g/mol. The quantitative estimate of drug-likeness (QED) is 0.197. The first-order chi connectivity index (χ1) is 23.3. The molecule has 3 aromatic heterocycles. The van der Waals surface area contributed by atoms with Crippen LogP contribution in [0.15, 0.2) is 43.1 Å². The van der Waals surface area contributed by atoms with E-state index in [0.717, 1.165) is 63.1 Å². The molecule has 14 nitrogen and oxygen atoms in total. The van der Waals surface area contributed by atoms with E-state index < -0.39 is 19.1 Å². The van der Waals surface area contributed by atoms with Gasteiger partial charge in [-0.2, -0.15) is 0 Å². The molecule has 0 radical (unpaired) electrons. The number of aromatic nitrogens is 8. The lowest BCUT2D eigenvalue weighted by molar-refractivity contribution is -0.0917. The van der Waals surface area contributed by atoms with Crippen LogP contribution in [0.4, 0.5) is 20.4 Å². The van der Waals surface area contributed by atoms with Gasteiger partial charge in [0.05, 0.1) is 37.0 Å². The van der Waals surface area contributed by atoms with Crippen LogP contribution < -0.4 is 14.8 Å². The second-order valence-corrected chi connectivity index (χ2v) is 12.4. The summed E-state index contributed by atoms with van der Waals surface area (Å²) in [7, 11) is 1.22. The van der Waals surface area contributed by atoms with Crippen LogP contribution in [0.3, 0.4) is 0 Å². The highest BCUT2D eigenvalue weighted by Crippen LogP contribution is 2.36. The second-order valence-electron chi connectivity index (χ2n) is 12.0. The summed E-state index contributed by atoms with van der Waals surface area (Å²) >= 11 is 6.42. The summed E-state index contributed by atoms with van der Waals surface area (Å²) in [5, 5.41) is 19.3. The average Bonchev–Trinajstić information content (AvgIpc) is 3.76. The van der Waals surface area contributed by atoms with Crippen molar-refractivity contribution in [3.05, 3.63) is 48.1 Å². The van der Waals surface area contributed by atoms with Crippen LogP contribution in [0.25, 0.3) is 11.1 Å². The molecule has 0 bridgehead atoms. The third kappa shape index (κ3) is 8.72. The molecule has 0 spiro atoms. The van der Waals surface area contributed by atoms with Crippen molar-refractivity contribution in [2.24, 2.45) is 0 Å². The molecule has 6 rings (SSSR count). The number of hydrogen-bond acceptors (Lipinski definition) is 12. The number of ether oxygens (including phenoxy) is 4. The van der Waals surface area contributed by atoms with Crippen molar-refractivity contribution in [3.63, 3.8) is 0 Å². The largest absolute Gasteiger partial charge is 0.487 e. The smallest absolute Gasteiger partial charge is 0.304 e. The van der Waals surface area contributed by atoms with Gasteiger partial charge < -0.3 is 24.3 Å². The number of morpholine rings is 1. The fraction of sp³-hybridized carbons (Fsp3) is 0.548. The van der Waals surface area contributed by atoms with Gasteiger partial charge in [0.2, 0.25) is 5.95 Å². The Hall–Kier alpha value is -3.99. The highest BCUT2D eigenvalue weighted by molar-refractivity contribution is 6.32. The molecule has 48 heavy (non-hydrogen) atoms. The molecule has 4 aromatic rings. The summed E-state index contributed by atoms with van der Waals surface area (Å²) in [5.41, 5.74) is 1.91. The van der Waals surface area contributed by atoms with E-state index in [0.29, 0.717) is 29.0 Å². The Morgan fingerprint density at radius 2 is 1.81 bits per heavy atom. The topological polar surface area (TPSA) is 139 Å². The van der Waals surface area contributed by atoms with Gasteiger partial charge in [-0.15, -0.1) is 10.2 Å². The Kier molecular flexibility index (Phi) is 10.9. The summed E-state index contributed by atoms with van der Waals surface area (Å²) in [6, 6.07) is 6.02. The maximum atomic E-state index is 14.3. The molecule has 1 aromatic carbocycles. The van der Waals surface area contributed by atoms with Crippen LogP contribution in [0.2, 0.25) is 5.02 Å². The van der Waals surface area contributed by atoms with E-state index in [1.807, 2.05) is 23.7 Å². The molecule has 4 heterocycles. The first-order valence-corrected chi connectivity index (χ1v) is 16.3. The van der Waals surface area contributed by atoms with Crippen molar-refractivity contribution in [1.29, 1.82) is 0 Å². The predicted molar refractivity (Wildman–Crippen MR) is 172 cm³/mol. The summed E-state index contributed by atoms with van der Waals surface area (Å²) in [6.45, 7) is 4.13. The van der Waals surface area contributed by atoms with E-state index in [9.17, 15) is 8.78 Å². The number of rotatable bonds is 14. The van der Waals surface area contributed by atoms with Gasteiger partial charge in [0, 0.05) is 44.2 Å². The third-order valence-electron chi connectivity index (χ3n) is 8.40. The molecule has 17 heteroatoms. The van der Waals surface area contributed by atoms with E-state index >= 15 is 0 Å². The van der Waals surface area contributed by atoms with Crippen molar-refractivity contribution in [1.82, 2.24) is 44.9 Å². The molecule has 2 aliphatic rings. The zero-order valence-corrected chi connectivity index (χ0v) is 27.6. The standard InChI is InChI=1S/C31H39ClF2N10O4/c1-21(16-43-20-37-40-41-43)48-28-13-22(3-8-26(28)32)23-14-35-30(36-15-23)38-27-17-44(39-29(27)47-19-31(33,34)18-45-2)25-6-4-24(5-7-25)42-9-11-46-12-10-42/h3,8,13-15,17,20-21,24-25H,4-7,9-12,16,18-19H2,1-2H3,(H,35,36,38)/t21-,24?,25?/m0/s1. The second kappa shape index (κ2) is 15.5. The van der Waals surface area contributed by atoms with Gasteiger partial charge in [0.15, 0.2) is 6.61 Å². The van der Waals surface area contributed by atoms with Crippen LogP contribution in [-0.2, 0) is 16.0 Å². The number of halogens is 3. The zero-order chi connectivity index (χ0) is 33.5. The Balaban J connectivity index is 1.14. The maximum absolute atomic E-state index is 14.3.